The summed E-state index contributed by atoms with van der Waals surface area (Å²) in [6.07, 6.45) is 0.562. The van der Waals surface area contributed by atoms with Crippen molar-refractivity contribution in [2.24, 2.45) is 5.73 Å². The highest BCUT2D eigenvalue weighted by molar-refractivity contribution is 8.68. The fraction of sp³-hybridized carbons (Fsp3) is 0.125. The quantitative estimate of drug-likeness (QED) is 0.418. The van der Waals surface area contributed by atoms with Crippen LogP contribution in [0.3, 0.4) is 0 Å². The molecule has 0 aliphatic rings. The number of hydrogen-bond donors (Lipinski definition) is 2. The Morgan fingerprint density at radius 2 is 1.91 bits per heavy atom. The summed E-state index contributed by atoms with van der Waals surface area (Å²) >= 11 is 10.3. The molecule has 0 saturated carbocycles. The van der Waals surface area contributed by atoms with Crippen molar-refractivity contribution >= 4 is 45.0 Å². The molecule has 2 aromatic carbocycles. The van der Waals surface area contributed by atoms with Crippen LogP contribution in [-0.4, -0.2) is 15.3 Å². The monoisotopic (exact) mass is 347 g/mol. The van der Waals surface area contributed by atoms with E-state index in [1.807, 2.05) is 48.5 Å². The molecular weight excluding hydrogens is 334 g/mol. The van der Waals surface area contributed by atoms with Gasteiger partial charge in [0.15, 0.2) is 0 Å². The normalized spacial score (nSPS) is 12.5. The van der Waals surface area contributed by atoms with E-state index < -0.39 is 0 Å². The maximum Gasteiger partial charge on any atom is 0.132 e. The topological polar surface area (TPSA) is 51.8 Å². The van der Waals surface area contributed by atoms with Gasteiger partial charge in [0, 0.05) is 22.4 Å². The van der Waals surface area contributed by atoms with Crippen molar-refractivity contribution in [3.8, 4) is 11.3 Å². The molecule has 1 unspecified atom stereocenters. The average Bonchev–Trinajstić information content (AvgIpc) is 2.55. The van der Waals surface area contributed by atoms with Crippen molar-refractivity contribution in [3.05, 3.63) is 59.4 Å². The summed E-state index contributed by atoms with van der Waals surface area (Å²) in [6, 6.07) is 15.7. The van der Waals surface area contributed by atoms with Crippen LogP contribution < -0.4 is 5.73 Å². The fourth-order valence-electron chi connectivity index (χ4n) is 2.27. The van der Waals surface area contributed by atoms with E-state index >= 15 is 0 Å². The number of benzene rings is 2. The molecule has 0 saturated heterocycles. The van der Waals surface area contributed by atoms with Crippen LogP contribution in [0.4, 0.5) is 0 Å². The predicted molar refractivity (Wildman–Crippen MR) is 98.2 cm³/mol. The lowest BCUT2D eigenvalue weighted by atomic mass is 10.1. The van der Waals surface area contributed by atoms with Crippen LogP contribution in [-0.2, 0) is 6.42 Å². The highest BCUT2D eigenvalue weighted by Gasteiger charge is 2.12. The fourth-order valence-corrected chi connectivity index (χ4v) is 2.89. The number of thiol groups is 1. The molecule has 1 heterocycles. The third-order valence-electron chi connectivity index (χ3n) is 3.27. The maximum atomic E-state index is 6.14. The van der Waals surface area contributed by atoms with Crippen LogP contribution in [0.2, 0.25) is 5.02 Å². The SMILES string of the molecule is NC(Cc1nc(-c2ccccc2)c2cc(Cl)ccc2n1)SS. The second-order valence-corrected chi connectivity index (χ2v) is 6.75. The van der Waals surface area contributed by atoms with E-state index in [0.717, 1.165) is 22.2 Å². The standard InChI is InChI=1S/C16H14ClN3S2/c17-11-6-7-13-12(8-11)16(10-4-2-1-3-5-10)20-15(19-13)9-14(18)22-21/h1-8,14,21H,9,18H2. The smallest absolute Gasteiger partial charge is 0.132 e. The van der Waals surface area contributed by atoms with E-state index in [4.69, 9.17) is 22.3 Å². The molecule has 0 fully saturated rings. The Labute approximate surface area is 143 Å². The summed E-state index contributed by atoms with van der Waals surface area (Å²) in [4.78, 5) is 9.30. The van der Waals surface area contributed by atoms with Crippen LogP contribution >= 0.6 is 34.1 Å². The first kappa shape index (κ1) is 15.6. The summed E-state index contributed by atoms with van der Waals surface area (Å²) in [5.41, 5.74) is 8.72. The molecule has 1 aromatic heterocycles. The van der Waals surface area contributed by atoms with Gasteiger partial charge in [-0.2, -0.15) is 0 Å². The number of halogens is 1. The Morgan fingerprint density at radius 3 is 2.64 bits per heavy atom. The minimum Gasteiger partial charge on any atom is -0.318 e. The average molecular weight is 348 g/mol. The third-order valence-corrected chi connectivity index (χ3v) is 4.76. The Morgan fingerprint density at radius 1 is 1.14 bits per heavy atom. The van der Waals surface area contributed by atoms with Gasteiger partial charge < -0.3 is 5.73 Å². The van der Waals surface area contributed by atoms with Crippen molar-refractivity contribution in [1.29, 1.82) is 0 Å². The van der Waals surface area contributed by atoms with Gasteiger partial charge in [-0.05, 0) is 18.2 Å². The van der Waals surface area contributed by atoms with Crippen molar-refractivity contribution in [1.82, 2.24) is 9.97 Å². The molecule has 0 aliphatic heterocycles. The molecule has 3 rings (SSSR count). The summed E-state index contributed by atoms with van der Waals surface area (Å²) in [7, 11) is 1.30. The minimum absolute atomic E-state index is 0.142. The first-order valence-corrected chi connectivity index (χ1v) is 9.06. The molecule has 3 nitrogen and oxygen atoms in total. The Balaban J connectivity index is 2.20. The number of rotatable bonds is 4. The van der Waals surface area contributed by atoms with E-state index in [1.165, 1.54) is 10.8 Å². The second-order valence-electron chi connectivity index (χ2n) is 4.86. The van der Waals surface area contributed by atoms with Gasteiger partial charge in [-0.15, -0.1) is 11.7 Å². The van der Waals surface area contributed by atoms with Crippen molar-refractivity contribution in [2.75, 3.05) is 0 Å². The molecule has 0 amide bonds. The van der Waals surface area contributed by atoms with Gasteiger partial charge in [-0.3, -0.25) is 0 Å². The first-order valence-electron chi connectivity index (χ1n) is 6.75. The van der Waals surface area contributed by atoms with Gasteiger partial charge in [0.25, 0.3) is 0 Å². The molecule has 6 heteroatoms. The molecule has 0 spiro atoms. The van der Waals surface area contributed by atoms with Gasteiger partial charge in [-0.1, -0.05) is 52.7 Å². The summed E-state index contributed by atoms with van der Waals surface area (Å²) in [5.74, 6) is 0.711. The van der Waals surface area contributed by atoms with Crippen molar-refractivity contribution in [2.45, 2.75) is 11.8 Å². The van der Waals surface area contributed by atoms with E-state index in [9.17, 15) is 0 Å². The largest absolute Gasteiger partial charge is 0.318 e. The number of nitrogens with zero attached hydrogens (tertiary/aromatic N) is 2. The number of aromatic nitrogens is 2. The number of fused-ring (bicyclic) bond motifs is 1. The first-order chi connectivity index (χ1) is 10.7. The van der Waals surface area contributed by atoms with Crippen LogP contribution in [0.1, 0.15) is 5.82 Å². The van der Waals surface area contributed by atoms with Gasteiger partial charge in [-0.25, -0.2) is 9.97 Å². The number of nitrogens with two attached hydrogens (primary N) is 1. The lowest BCUT2D eigenvalue weighted by molar-refractivity contribution is 0.839. The highest BCUT2D eigenvalue weighted by Crippen LogP contribution is 2.28. The van der Waals surface area contributed by atoms with Crippen LogP contribution in [0.15, 0.2) is 48.5 Å². The lowest BCUT2D eigenvalue weighted by Crippen LogP contribution is -2.18. The third kappa shape index (κ3) is 3.38. The van der Waals surface area contributed by atoms with E-state index in [1.54, 1.807) is 0 Å². The molecule has 0 radical (unpaired) electrons. The summed E-state index contributed by atoms with van der Waals surface area (Å²) < 4.78 is 0. The zero-order valence-electron chi connectivity index (χ0n) is 11.6. The molecule has 0 bridgehead atoms. The Bertz CT molecular complexity index is 796. The zero-order chi connectivity index (χ0) is 15.5. The van der Waals surface area contributed by atoms with Crippen LogP contribution in [0.5, 0.6) is 0 Å². The molecule has 112 valence electrons. The summed E-state index contributed by atoms with van der Waals surface area (Å²) in [6.45, 7) is 0. The molecular formula is C16H14ClN3S2. The molecule has 1 atom stereocenters. The van der Waals surface area contributed by atoms with Crippen molar-refractivity contribution < 1.29 is 0 Å². The Kier molecular flexibility index (Phi) is 4.88. The van der Waals surface area contributed by atoms with E-state index in [2.05, 4.69) is 16.6 Å². The number of hydrogen-bond acceptors (Lipinski definition) is 5. The van der Waals surface area contributed by atoms with Gasteiger partial charge in [0.05, 0.1) is 16.6 Å². The van der Waals surface area contributed by atoms with Gasteiger partial charge in [0.1, 0.15) is 5.82 Å². The maximum absolute atomic E-state index is 6.14. The molecule has 2 N–H and O–H groups in total. The Hall–Kier alpha value is -1.27. The summed E-state index contributed by atoms with van der Waals surface area (Å²) in [5, 5.41) is 1.47. The molecule has 3 aromatic rings. The van der Waals surface area contributed by atoms with Crippen LogP contribution in [0, 0.1) is 0 Å². The van der Waals surface area contributed by atoms with E-state index in [0.29, 0.717) is 17.3 Å². The lowest BCUT2D eigenvalue weighted by Gasteiger charge is -2.11. The van der Waals surface area contributed by atoms with E-state index in [-0.39, 0.29) is 5.37 Å². The van der Waals surface area contributed by atoms with Crippen LogP contribution in [0.25, 0.3) is 22.2 Å². The predicted octanol–water partition coefficient (Wildman–Crippen LogP) is 4.36. The minimum atomic E-state index is -0.142. The van der Waals surface area contributed by atoms with Gasteiger partial charge >= 0.3 is 0 Å². The molecule has 0 aliphatic carbocycles. The van der Waals surface area contributed by atoms with Crippen molar-refractivity contribution in [3.63, 3.8) is 0 Å². The zero-order valence-corrected chi connectivity index (χ0v) is 14.1. The van der Waals surface area contributed by atoms with Gasteiger partial charge in [0.2, 0.25) is 0 Å². The molecule has 22 heavy (non-hydrogen) atoms. The highest BCUT2D eigenvalue weighted by atomic mass is 35.5. The second kappa shape index (κ2) is 6.87.